The number of aromatic nitrogens is 1. The van der Waals surface area contributed by atoms with Gasteiger partial charge in [0.2, 0.25) is 5.91 Å². The molecule has 2 rings (SSSR count). The molecule has 0 aliphatic rings. The van der Waals surface area contributed by atoms with Gasteiger partial charge in [0.15, 0.2) is 11.6 Å². The number of alkyl carbamates (subject to hydrolysis) is 1. The Labute approximate surface area is 164 Å². The number of nitrogens with zero attached hydrogens (tertiary/aromatic N) is 1. The number of nitrogen functional groups attached to an aromatic ring is 1. The van der Waals surface area contributed by atoms with E-state index in [2.05, 4.69) is 15.6 Å². The molecular formula is C20H26N4O4. The maximum Gasteiger partial charge on any atom is 0.408 e. The third kappa shape index (κ3) is 6.46. The van der Waals surface area contributed by atoms with Crippen molar-refractivity contribution in [2.45, 2.75) is 39.9 Å². The predicted molar refractivity (Wildman–Crippen MR) is 107 cm³/mol. The number of anilines is 2. The Morgan fingerprint density at radius 1 is 1.18 bits per heavy atom. The lowest BCUT2D eigenvalue weighted by atomic mass is 10.1. The number of carbonyl (C=O) groups excluding carboxylic acids is 2. The molecule has 1 aromatic carbocycles. The van der Waals surface area contributed by atoms with Crippen molar-refractivity contribution in [1.82, 2.24) is 10.3 Å². The van der Waals surface area contributed by atoms with Gasteiger partial charge in [-0.2, -0.15) is 0 Å². The lowest BCUT2D eigenvalue weighted by molar-refractivity contribution is -0.115. The van der Waals surface area contributed by atoms with Crippen LogP contribution in [0.15, 0.2) is 36.5 Å². The van der Waals surface area contributed by atoms with E-state index in [4.69, 9.17) is 15.2 Å². The summed E-state index contributed by atoms with van der Waals surface area (Å²) in [6.07, 6.45) is 0.932. The van der Waals surface area contributed by atoms with Crippen LogP contribution in [0, 0.1) is 6.92 Å². The summed E-state index contributed by atoms with van der Waals surface area (Å²) in [5, 5.41) is 5.21. The summed E-state index contributed by atoms with van der Waals surface area (Å²) < 4.78 is 10.9. The Bertz CT molecular complexity index is 846. The highest BCUT2D eigenvalue weighted by atomic mass is 16.6. The number of amides is 2. The van der Waals surface area contributed by atoms with Crippen molar-refractivity contribution in [2.75, 3.05) is 17.6 Å². The van der Waals surface area contributed by atoms with Crippen LogP contribution in [0.25, 0.3) is 0 Å². The number of hydrogen-bond acceptors (Lipinski definition) is 6. The molecule has 0 radical (unpaired) electrons. The molecule has 0 aliphatic carbocycles. The highest BCUT2D eigenvalue weighted by Crippen LogP contribution is 2.24. The Kier molecular flexibility index (Phi) is 6.81. The van der Waals surface area contributed by atoms with Gasteiger partial charge < -0.3 is 25.8 Å². The van der Waals surface area contributed by atoms with Crippen molar-refractivity contribution >= 4 is 23.5 Å². The summed E-state index contributed by atoms with van der Waals surface area (Å²) in [6, 6.07) is 8.97. The minimum absolute atomic E-state index is 0.206. The minimum atomic E-state index is -0.650. The van der Waals surface area contributed by atoms with E-state index in [1.165, 1.54) is 0 Å². The smallest absolute Gasteiger partial charge is 0.408 e. The summed E-state index contributed by atoms with van der Waals surface area (Å²) in [4.78, 5) is 27.9. The SMILES string of the molecule is Cc1cccc(NC(=O)CNC(=O)OC(C)(C)C)c1COc1cccnc1N. The standard InChI is InChI=1S/C20H26N4O4/c1-13-7-5-8-15(14(13)12-27-16-9-6-10-22-18(16)21)24-17(25)11-23-19(26)28-20(2,3)4/h5-10H,11-12H2,1-4H3,(H2,21,22)(H,23,26)(H,24,25). The fourth-order valence-electron chi connectivity index (χ4n) is 2.35. The molecular weight excluding hydrogens is 360 g/mol. The van der Waals surface area contributed by atoms with Gasteiger partial charge in [-0.3, -0.25) is 4.79 Å². The third-order valence-electron chi connectivity index (χ3n) is 3.65. The molecule has 0 saturated carbocycles. The first-order chi connectivity index (χ1) is 13.2. The first-order valence-corrected chi connectivity index (χ1v) is 8.84. The van der Waals surface area contributed by atoms with Gasteiger partial charge in [0, 0.05) is 17.4 Å². The van der Waals surface area contributed by atoms with Crippen LogP contribution >= 0.6 is 0 Å². The molecule has 0 saturated heterocycles. The largest absolute Gasteiger partial charge is 0.485 e. The lowest BCUT2D eigenvalue weighted by Gasteiger charge is -2.19. The summed E-state index contributed by atoms with van der Waals surface area (Å²) >= 11 is 0. The first kappa shape index (κ1) is 21.0. The van der Waals surface area contributed by atoms with E-state index in [0.29, 0.717) is 17.3 Å². The van der Waals surface area contributed by atoms with Crippen molar-refractivity contribution in [3.8, 4) is 5.75 Å². The van der Waals surface area contributed by atoms with E-state index in [0.717, 1.165) is 11.1 Å². The molecule has 8 nitrogen and oxygen atoms in total. The summed E-state index contributed by atoms with van der Waals surface area (Å²) in [6.45, 7) is 7.17. The Morgan fingerprint density at radius 2 is 1.93 bits per heavy atom. The fraction of sp³-hybridized carbons (Fsp3) is 0.350. The molecule has 0 bridgehead atoms. The number of hydrogen-bond donors (Lipinski definition) is 3. The van der Waals surface area contributed by atoms with Crippen molar-refractivity contribution in [3.63, 3.8) is 0 Å². The van der Waals surface area contributed by atoms with Crippen LogP contribution in [0.4, 0.5) is 16.3 Å². The zero-order valence-corrected chi connectivity index (χ0v) is 16.5. The van der Waals surface area contributed by atoms with Crippen LogP contribution in [0.5, 0.6) is 5.75 Å². The van der Waals surface area contributed by atoms with Gasteiger partial charge in [-0.25, -0.2) is 9.78 Å². The number of nitrogens with two attached hydrogens (primary N) is 1. The number of nitrogens with one attached hydrogen (secondary N) is 2. The second kappa shape index (κ2) is 9.07. The van der Waals surface area contributed by atoms with Gasteiger partial charge in [0.1, 0.15) is 18.8 Å². The van der Waals surface area contributed by atoms with Crippen LogP contribution in [-0.4, -0.2) is 29.1 Å². The van der Waals surface area contributed by atoms with Crippen molar-refractivity contribution < 1.29 is 19.1 Å². The molecule has 0 fully saturated rings. The van der Waals surface area contributed by atoms with Gasteiger partial charge >= 0.3 is 6.09 Å². The van der Waals surface area contributed by atoms with E-state index in [1.54, 1.807) is 45.2 Å². The number of carbonyl (C=O) groups is 2. The lowest BCUT2D eigenvalue weighted by Crippen LogP contribution is -2.37. The zero-order valence-electron chi connectivity index (χ0n) is 16.5. The zero-order chi connectivity index (χ0) is 20.7. The second-order valence-corrected chi connectivity index (χ2v) is 7.18. The monoisotopic (exact) mass is 386 g/mol. The molecule has 0 spiro atoms. The molecule has 2 amide bonds. The predicted octanol–water partition coefficient (Wildman–Crippen LogP) is 3.01. The molecule has 2 aromatic rings. The van der Waals surface area contributed by atoms with Crippen molar-refractivity contribution in [2.24, 2.45) is 0 Å². The molecule has 28 heavy (non-hydrogen) atoms. The Morgan fingerprint density at radius 3 is 2.61 bits per heavy atom. The van der Waals surface area contributed by atoms with E-state index in [-0.39, 0.29) is 19.1 Å². The van der Waals surface area contributed by atoms with Crippen LogP contribution in [0.3, 0.4) is 0 Å². The quantitative estimate of drug-likeness (QED) is 0.703. The van der Waals surface area contributed by atoms with Gasteiger partial charge in [-0.05, 0) is 51.5 Å². The van der Waals surface area contributed by atoms with Gasteiger partial charge in [-0.15, -0.1) is 0 Å². The van der Waals surface area contributed by atoms with E-state index < -0.39 is 11.7 Å². The molecule has 0 aliphatic heterocycles. The number of rotatable bonds is 6. The van der Waals surface area contributed by atoms with Crippen molar-refractivity contribution in [1.29, 1.82) is 0 Å². The van der Waals surface area contributed by atoms with Gasteiger partial charge in [-0.1, -0.05) is 12.1 Å². The molecule has 0 unspecified atom stereocenters. The highest BCUT2D eigenvalue weighted by molar-refractivity contribution is 5.94. The molecule has 1 aromatic heterocycles. The van der Waals surface area contributed by atoms with E-state index in [1.807, 2.05) is 19.1 Å². The molecule has 4 N–H and O–H groups in total. The Balaban J connectivity index is 2.00. The van der Waals surface area contributed by atoms with E-state index in [9.17, 15) is 9.59 Å². The minimum Gasteiger partial charge on any atom is -0.485 e. The van der Waals surface area contributed by atoms with Crippen molar-refractivity contribution in [3.05, 3.63) is 47.7 Å². The van der Waals surface area contributed by atoms with Gasteiger partial charge in [0.25, 0.3) is 0 Å². The summed E-state index contributed by atoms with van der Waals surface area (Å²) in [7, 11) is 0. The average molecular weight is 386 g/mol. The first-order valence-electron chi connectivity index (χ1n) is 8.84. The number of benzene rings is 1. The summed E-state index contributed by atoms with van der Waals surface area (Å²) in [5.74, 6) is 0.386. The second-order valence-electron chi connectivity index (χ2n) is 7.18. The van der Waals surface area contributed by atoms with Gasteiger partial charge in [0.05, 0.1) is 0 Å². The maximum absolute atomic E-state index is 12.2. The van der Waals surface area contributed by atoms with Crippen LogP contribution in [0.2, 0.25) is 0 Å². The van der Waals surface area contributed by atoms with E-state index >= 15 is 0 Å². The number of ether oxygens (including phenoxy) is 2. The normalized spacial score (nSPS) is 10.9. The molecule has 0 atom stereocenters. The fourth-order valence-corrected chi connectivity index (χ4v) is 2.35. The summed E-state index contributed by atoms with van der Waals surface area (Å²) in [5.41, 5.74) is 7.51. The van der Waals surface area contributed by atoms with Crippen LogP contribution in [-0.2, 0) is 16.1 Å². The topological polar surface area (TPSA) is 116 Å². The Hall–Kier alpha value is -3.29. The highest BCUT2D eigenvalue weighted by Gasteiger charge is 2.17. The average Bonchev–Trinajstić information content (AvgIpc) is 2.59. The molecule has 8 heteroatoms. The number of aryl methyl sites for hydroxylation is 1. The van der Waals surface area contributed by atoms with Crippen LogP contribution < -0.4 is 21.1 Å². The maximum atomic E-state index is 12.2. The third-order valence-corrected chi connectivity index (χ3v) is 3.65. The van der Waals surface area contributed by atoms with Crippen LogP contribution in [0.1, 0.15) is 31.9 Å². The number of pyridine rings is 1. The molecule has 150 valence electrons. The molecule has 1 heterocycles.